The molecule has 0 radical (unpaired) electrons. The molecule has 0 atom stereocenters. The first-order valence-corrected chi connectivity index (χ1v) is 6.39. The van der Waals surface area contributed by atoms with Gasteiger partial charge < -0.3 is 10.6 Å². The smallest absolute Gasteiger partial charge is 0.279 e. The SMILES string of the molecule is CC[Si](CC)(CC)OC=O.N. The molecule has 68 valence electrons. The van der Waals surface area contributed by atoms with Gasteiger partial charge >= 0.3 is 0 Å². The molecule has 0 rings (SSSR count). The minimum Gasteiger partial charge on any atom is -0.521 e. The van der Waals surface area contributed by atoms with Gasteiger partial charge in [0.1, 0.15) is 0 Å². The topological polar surface area (TPSA) is 61.3 Å². The van der Waals surface area contributed by atoms with Gasteiger partial charge in [-0.3, -0.25) is 4.79 Å². The zero-order valence-electron chi connectivity index (χ0n) is 7.72. The summed E-state index contributed by atoms with van der Waals surface area (Å²) in [5, 5.41) is 0. The molecule has 0 bridgehead atoms. The minimum absolute atomic E-state index is 0. The van der Waals surface area contributed by atoms with Crippen molar-refractivity contribution in [2.75, 3.05) is 0 Å². The van der Waals surface area contributed by atoms with E-state index in [-0.39, 0.29) is 6.15 Å². The van der Waals surface area contributed by atoms with Crippen molar-refractivity contribution in [3.8, 4) is 0 Å². The molecule has 11 heavy (non-hydrogen) atoms. The summed E-state index contributed by atoms with van der Waals surface area (Å²) in [6.45, 7) is 6.91. The Kier molecular flexibility index (Phi) is 7.67. The van der Waals surface area contributed by atoms with Crippen molar-refractivity contribution in [2.45, 2.75) is 38.9 Å². The van der Waals surface area contributed by atoms with Crippen LogP contribution in [0.4, 0.5) is 0 Å². The van der Waals surface area contributed by atoms with Gasteiger partial charge in [0.05, 0.1) is 0 Å². The van der Waals surface area contributed by atoms with Crippen LogP contribution in [0.2, 0.25) is 18.1 Å². The molecule has 0 aliphatic rings. The van der Waals surface area contributed by atoms with Crippen molar-refractivity contribution in [2.24, 2.45) is 0 Å². The lowest BCUT2D eigenvalue weighted by atomic mass is 10.9. The molecule has 0 aliphatic carbocycles. The Bertz CT molecular complexity index is 96.3. The van der Waals surface area contributed by atoms with E-state index in [1.807, 2.05) is 0 Å². The van der Waals surface area contributed by atoms with Gasteiger partial charge in [-0.15, -0.1) is 0 Å². The third-order valence-electron chi connectivity index (χ3n) is 2.23. The minimum atomic E-state index is -1.59. The lowest BCUT2D eigenvalue weighted by Gasteiger charge is -2.24. The summed E-state index contributed by atoms with van der Waals surface area (Å²) < 4.78 is 5.14. The molecule has 0 spiro atoms. The van der Waals surface area contributed by atoms with Crippen molar-refractivity contribution in [1.29, 1.82) is 0 Å². The van der Waals surface area contributed by atoms with Crippen LogP contribution in [0.25, 0.3) is 0 Å². The third-order valence-corrected chi connectivity index (χ3v) is 6.69. The fourth-order valence-electron chi connectivity index (χ4n) is 1.10. The molecule has 0 aromatic rings. The van der Waals surface area contributed by atoms with E-state index in [9.17, 15) is 4.79 Å². The first-order valence-electron chi connectivity index (χ1n) is 3.86. The maximum absolute atomic E-state index is 10.1. The van der Waals surface area contributed by atoms with E-state index in [2.05, 4.69) is 20.8 Å². The maximum Gasteiger partial charge on any atom is 0.279 e. The van der Waals surface area contributed by atoms with E-state index in [1.54, 1.807) is 0 Å². The van der Waals surface area contributed by atoms with Gasteiger partial charge in [-0.2, -0.15) is 0 Å². The van der Waals surface area contributed by atoms with Crippen LogP contribution in [0.3, 0.4) is 0 Å². The van der Waals surface area contributed by atoms with Gasteiger partial charge in [0, 0.05) is 0 Å². The average molecular weight is 177 g/mol. The highest BCUT2D eigenvalue weighted by molar-refractivity contribution is 6.74. The monoisotopic (exact) mass is 177 g/mol. The quantitative estimate of drug-likeness (QED) is 0.518. The molecule has 0 aromatic heterocycles. The van der Waals surface area contributed by atoms with Gasteiger partial charge in [0.15, 0.2) is 0 Å². The number of carbonyl (C=O) groups is 1. The number of rotatable bonds is 5. The van der Waals surface area contributed by atoms with E-state index in [1.165, 1.54) is 0 Å². The van der Waals surface area contributed by atoms with Crippen molar-refractivity contribution in [3.05, 3.63) is 0 Å². The second kappa shape index (κ2) is 6.36. The Morgan fingerprint density at radius 1 is 1.18 bits per heavy atom. The second-order valence-electron chi connectivity index (χ2n) is 2.46. The van der Waals surface area contributed by atoms with E-state index < -0.39 is 8.32 Å². The van der Waals surface area contributed by atoms with Crippen LogP contribution in [-0.2, 0) is 9.22 Å². The average Bonchev–Trinajstić information content (AvgIpc) is 2.01. The molecule has 4 heteroatoms. The molecule has 0 aromatic carbocycles. The highest BCUT2D eigenvalue weighted by atomic mass is 28.4. The largest absolute Gasteiger partial charge is 0.521 e. The first-order chi connectivity index (χ1) is 4.74. The van der Waals surface area contributed by atoms with Crippen LogP contribution in [-0.4, -0.2) is 14.8 Å². The molecular formula is C7H19NO2Si. The molecule has 3 N–H and O–H groups in total. The maximum atomic E-state index is 10.1. The Hall–Kier alpha value is -0.353. The van der Waals surface area contributed by atoms with Gasteiger partial charge in [-0.1, -0.05) is 20.8 Å². The number of hydrogen-bond donors (Lipinski definition) is 1. The lowest BCUT2D eigenvalue weighted by molar-refractivity contribution is -0.121. The summed E-state index contributed by atoms with van der Waals surface area (Å²) in [5.74, 6) is 0. The highest BCUT2D eigenvalue weighted by Crippen LogP contribution is 2.19. The fourth-order valence-corrected chi connectivity index (χ4v) is 3.31. The summed E-state index contributed by atoms with van der Waals surface area (Å²) >= 11 is 0. The lowest BCUT2D eigenvalue weighted by Crippen LogP contribution is -2.35. The number of hydrogen-bond acceptors (Lipinski definition) is 3. The standard InChI is InChI=1S/C7H16O2Si.H3N/c1-4-10(5-2,6-3)9-7-8;/h7H,4-6H2,1-3H3;1H3. The zero-order valence-corrected chi connectivity index (χ0v) is 8.72. The van der Waals surface area contributed by atoms with E-state index >= 15 is 0 Å². The summed E-state index contributed by atoms with van der Waals surface area (Å²) in [6, 6.07) is 3.12. The van der Waals surface area contributed by atoms with Crippen molar-refractivity contribution < 1.29 is 9.22 Å². The van der Waals surface area contributed by atoms with E-state index in [4.69, 9.17) is 4.43 Å². The second-order valence-corrected chi connectivity index (χ2v) is 7.18. The van der Waals surface area contributed by atoms with Crippen molar-refractivity contribution in [3.63, 3.8) is 0 Å². The normalized spacial score (nSPS) is 10.1. The Morgan fingerprint density at radius 2 is 1.55 bits per heavy atom. The van der Waals surface area contributed by atoms with Gasteiger partial charge in [-0.05, 0) is 18.1 Å². The van der Waals surface area contributed by atoms with Crippen LogP contribution in [0.5, 0.6) is 0 Å². The van der Waals surface area contributed by atoms with E-state index in [0.29, 0.717) is 6.47 Å². The molecule has 0 fully saturated rings. The van der Waals surface area contributed by atoms with Gasteiger partial charge in [0.2, 0.25) is 0 Å². The Morgan fingerprint density at radius 3 is 1.64 bits per heavy atom. The molecular weight excluding hydrogens is 158 g/mol. The van der Waals surface area contributed by atoms with Gasteiger partial charge in [-0.25, -0.2) is 0 Å². The molecule has 0 unspecified atom stereocenters. The van der Waals surface area contributed by atoms with Crippen molar-refractivity contribution in [1.82, 2.24) is 6.15 Å². The third kappa shape index (κ3) is 3.53. The molecule has 0 saturated carbocycles. The molecule has 0 amide bonds. The van der Waals surface area contributed by atoms with Crippen LogP contribution in [0.15, 0.2) is 0 Å². The molecule has 0 saturated heterocycles. The van der Waals surface area contributed by atoms with E-state index in [0.717, 1.165) is 18.1 Å². The molecule has 3 nitrogen and oxygen atoms in total. The van der Waals surface area contributed by atoms with Crippen molar-refractivity contribution >= 4 is 14.8 Å². The fraction of sp³-hybridized carbons (Fsp3) is 0.857. The van der Waals surface area contributed by atoms with Crippen LogP contribution < -0.4 is 6.15 Å². The summed E-state index contributed by atoms with van der Waals surface area (Å²) in [5.41, 5.74) is 0. The van der Waals surface area contributed by atoms with Gasteiger partial charge in [0.25, 0.3) is 14.8 Å². The Labute approximate surface area is 69.8 Å². The predicted molar refractivity (Wildman–Crippen MR) is 49.4 cm³/mol. The van der Waals surface area contributed by atoms with Crippen LogP contribution in [0.1, 0.15) is 20.8 Å². The summed E-state index contributed by atoms with van der Waals surface area (Å²) in [6.07, 6.45) is 0. The van der Waals surface area contributed by atoms with Crippen LogP contribution >= 0.6 is 0 Å². The number of carbonyl (C=O) groups excluding carboxylic acids is 1. The predicted octanol–water partition coefficient (Wildman–Crippen LogP) is 2.33. The summed E-state index contributed by atoms with van der Waals surface area (Å²) in [7, 11) is -1.59. The van der Waals surface area contributed by atoms with Crippen LogP contribution in [0, 0.1) is 0 Å². The zero-order chi connectivity index (χ0) is 8.04. The molecule has 0 heterocycles. The molecule has 0 aliphatic heterocycles. The summed E-state index contributed by atoms with van der Waals surface area (Å²) in [4.78, 5) is 10.1. The first kappa shape index (κ1) is 13.3. The highest BCUT2D eigenvalue weighted by Gasteiger charge is 2.29. The Balaban J connectivity index is 0.